The van der Waals surface area contributed by atoms with E-state index in [0.29, 0.717) is 19.6 Å². The number of hydrogen-bond acceptors (Lipinski definition) is 3. The molecule has 1 aromatic rings. The van der Waals surface area contributed by atoms with Gasteiger partial charge in [-0.25, -0.2) is 12.8 Å². The maximum atomic E-state index is 13.4. The average Bonchev–Trinajstić information content (AvgIpc) is 2.47. The van der Waals surface area contributed by atoms with Crippen molar-refractivity contribution in [1.29, 1.82) is 0 Å². The summed E-state index contributed by atoms with van der Waals surface area (Å²) in [7, 11) is -3.33. The number of ether oxygens (including phenoxy) is 1. The Morgan fingerprint density at radius 2 is 2.00 bits per heavy atom. The standard InChI is InChI=1S/C16H22FNO3S/c1-12-8-14-2-3-16(17)9-15(14)10-18(12)22(19,20)11-13-4-6-21-7-5-13/h2-3,9,12-13H,4-8,10-11H2,1H3. The second-order valence-corrected chi connectivity index (χ2v) is 8.31. The van der Waals surface area contributed by atoms with Gasteiger partial charge < -0.3 is 4.74 Å². The summed E-state index contributed by atoms with van der Waals surface area (Å²) in [6.45, 7) is 3.49. The molecular weight excluding hydrogens is 305 g/mol. The van der Waals surface area contributed by atoms with Gasteiger partial charge in [0.05, 0.1) is 5.75 Å². The quantitative estimate of drug-likeness (QED) is 0.856. The third kappa shape index (κ3) is 3.34. The molecule has 1 saturated heterocycles. The zero-order valence-corrected chi connectivity index (χ0v) is 13.6. The zero-order valence-electron chi connectivity index (χ0n) is 12.8. The zero-order chi connectivity index (χ0) is 15.7. The fourth-order valence-electron chi connectivity index (χ4n) is 3.36. The first-order valence-corrected chi connectivity index (χ1v) is 9.41. The van der Waals surface area contributed by atoms with Crippen molar-refractivity contribution < 1.29 is 17.5 Å². The highest BCUT2D eigenvalue weighted by atomic mass is 32.2. The van der Waals surface area contributed by atoms with E-state index in [1.54, 1.807) is 10.4 Å². The van der Waals surface area contributed by atoms with Crippen LogP contribution in [0.2, 0.25) is 0 Å². The van der Waals surface area contributed by atoms with Gasteiger partial charge >= 0.3 is 0 Å². The van der Waals surface area contributed by atoms with Crippen molar-refractivity contribution in [2.45, 2.75) is 38.8 Å². The van der Waals surface area contributed by atoms with E-state index in [2.05, 4.69) is 0 Å². The topological polar surface area (TPSA) is 46.6 Å². The lowest BCUT2D eigenvalue weighted by Crippen LogP contribution is -2.45. The smallest absolute Gasteiger partial charge is 0.214 e. The molecule has 22 heavy (non-hydrogen) atoms. The van der Waals surface area contributed by atoms with Crippen LogP contribution in [0.1, 0.15) is 30.9 Å². The number of nitrogens with zero attached hydrogens (tertiary/aromatic N) is 1. The predicted octanol–water partition coefficient (Wildman–Crippen LogP) is 2.33. The molecule has 0 spiro atoms. The van der Waals surface area contributed by atoms with Crippen LogP contribution < -0.4 is 0 Å². The summed E-state index contributed by atoms with van der Waals surface area (Å²) >= 11 is 0. The first kappa shape index (κ1) is 15.9. The van der Waals surface area contributed by atoms with Gasteiger partial charge in [-0.2, -0.15) is 4.31 Å². The van der Waals surface area contributed by atoms with Crippen molar-refractivity contribution in [2.24, 2.45) is 5.92 Å². The van der Waals surface area contributed by atoms with Gasteiger partial charge in [0.1, 0.15) is 5.82 Å². The van der Waals surface area contributed by atoms with Crippen molar-refractivity contribution in [3.8, 4) is 0 Å². The maximum Gasteiger partial charge on any atom is 0.214 e. The second kappa shape index (κ2) is 6.26. The highest BCUT2D eigenvalue weighted by Crippen LogP contribution is 2.28. The fourth-order valence-corrected chi connectivity index (χ4v) is 5.44. The van der Waals surface area contributed by atoms with Crippen molar-refractivity contribution in [1.82, 2.24) is 4.31 Å². The fraction of sp³-hybridized carbons (Fsp3) is 0.625. The predicted molar refractivity (Wildman–Crippen MR) is 82.4 cm³/mol. The Hall–Kier alpha value is -0.980. The number of hydrogen-bond donors (Lipinski definition) is 0. The third-order valence-corrected chi connectivity index (χ3v) is 6.74. The molecule has 0 N–H and O–H groups in total. The molecule has 0 aromatic heterocycles. The lowest BCUT2D eigenvalue weighted by atomic mass is 9.97. The third-order valence-electron chi connectivity index (χ3n) is 4.65. The molecule has 0 bridgehead atoms. The Bertz CT molecular complexity index is 641. The molecule has 1 unspecified atom stereocenters. The van der Waals surface area contributed by atoms with Crippen molar-refractivity contribution >= 4 is 10.0 Å². The minimum absolute atomic E-state index is 0.0807. The van der Waals surface area contributed by atoms with Crippen LogP contribution in [0.15, 0.2) is 18.2 Å². The van der Waals surface area contributed by atoms with E-state index >= 15 is 0 Å². The summed E-state index contributed by atoms with van der Waals surface area (Å²) in [4.78, 5) is 0. The van der Waals surface area contributed by atoms with Crippen LogP contribution in [0.3, 0.4) is 0 Å². The van der Waals surface area contributed by atoms with Crippen molar-refractivity contribution in [2.75, 3.05) is 19.0 Å². The van der Waals surface area contributed by atoms with E-state index in [0.717, 1.165) is 24.0 Å². The van der Waals surface area contributed by atoms with Crippen molar-refractivity contribution in [3.63, 3.8) is 0 Å². The second-order valence-electron chi connectivity index (χ2n) is 6.35. The van der Waals surface area contributed by atoms with Crippen LogP contribution in [0.25, 0.3) is 0 Å². The van der Waals surface area contributed by atoms with Gasteiger partial charge in [-0.3, -0.25) is 0 Å². The van der Waals surface area contributed by atoms with Crippen LogP contribution in [-0.4, -0.2) is 37.7 Å². The van der Waals surface area contributed by atoms with Crippen LogP contribution in [0, 0.1) is 11.7 Å². The number of halogens is 1. The van der Waals surface area contributed by atoms with Crippen LogP contribution in [0.5, 0.6) is 0 Å². The summed E-state index contributed by atoms with van der Waals surface area (Å²) in [6.07, 6.45) is 2.24. The molecule has 1 atom stereocenters. The highest BCUT2D eigenvalue weighted by molar-refractivity contribution is 7.89. The summed E-state index contributed by atoms with van der Waals surface area (Å²) in [5.41, 5.74) is 1.83. The molecule has 1 fully saturated rings. The van der Waals surface area contributed by atoms with Crippen LogP contribution in [0.4, 0.5) is 4.39 Å². The minimum atomic E-state index is -3.33. The summed E-state index contributed by atoms with van der Waals surface area (Å²) in [5.74, 6) is 0.0284. The van der Waals surface area contributed by atoms with Gasteiger partial charge in [0.15, 0.2) is 0 Å². The molecule has 4 nitrogen and oxygen atoms in total. The number of rotatable bonds is 3. The largest absolute Gasteiger partial charge is 0.381 e. The number of benzene rings is 1. The molecule has 2 heterocycles. The van der Waals surface area contributed by atoms with Crippen LogP contribution in [-0.2, 0) is 27.7 Å². The Kier molecular flexibility index (Phi) is 4.52. The molecule has 122 valence electrons. The van der Waals surface area contributed by atoms with Crippen molar-refractivity contribution in [3.05, 3.63) is 35.1 Å². The van der Waals surface area contributed by atoms with Gasteiger partial charge in [-0.15, -0.1) is 0 Å². The van der Waals surface area contributed by atoms with E-state index in [4.69, 9.17) is 4.74 Å². The molecule has 1 aromatic carbocycles. The molecule has 3 rings (SSSR count). The number of sulfonamides is 1. The molecule has 6 heteroatoms. The number of fused-ring (bicyclic) bond motifs is 1. The Morgan fingerprint density at radius 1 is 1.27 bits per heavy atom. The van der Waals surface area contributed by atoms with Gasteiger partial charge in [0.2, 0.25) is 10.0 Å². The molecule has 2 aliphatic rings. The lowest BCUT2D eigenvalue weighted by molar-refractivity contribution is 0.0719. The summed E-state index contributed by atoms with van der Waals surface area (Å²) < 4.78 is 45.7. The Balaban J connectivity index is 1.78. The summed E-state index contributed by atoms with van der Waals surface area (Å²) in [6, 6.07) is 4.59. The lowest BCUT2D eigenvalue weighted by Gasteiger charge is -2.35. The first-order valence-electron chi connectivity index (χ1n) is 7.80. The molecule has 0 radical (unpaired) electrons. The molecular formula is C16H22FNO3S. The van der Waals surface area contributed by atoms with E-state index in [1.807, 2.05) is 6.92 Å². The molecule has 0 saturated carbocycles. The van der Waals surface area contributed by atoms with Gasteiger partial charge in [0, 0.05) is 25.8 Å². The van der Waals surface area contributed by atoms with E-state index < -0.39 is 10.0 Å². The molecule has 2 aliphatic heterocycles. The maximum absolute atomic E-state index is 13.4. The van der Waals surface area contributed by atoms with E-state index in [9.17, 15) is 12.8 Å². The van der Waals surface area contributed by atoms with Gasteiger partial charge in [0.25, 0.3) is 0 Å². The Morgan fingerprint density at radius 3 is 2.73 bits per heavy atom. The van der Waals surface area contributed by atoms with Gasteiger partial charge in [-0.1, -0.05) is 6.07 Å². The average molecular weight is 327 g/mol. The summed E-state index contributed by atoms with van der Waals surface area (Å²) in [5, 5.41) is 0. The molecule has 0 amide bonds. The Labute approximate surface area is 131 Å². The monoisotopic (exact) mass is 327 g/mol. The minimum Gasteiger partial charge on any atom is -0.381 e. The highest BCUT2D eigenvalue weighted by Gasteiger charge is 2.34. The molecule has 0 aliphatic carbocycles. The SMILES string of the molecule is CC1Cc2ccc(F)cc2CN1S(=O)(=O)CC1CCOCC1. The van der Waals surface area contributed by atoms with Crippen LogP contribution >= 0.6 is 0 Å². The van der Waals surface area contributed by atoms with E-state index in [-0.39, 0.29) is 30.1 Å². The normalized spacial score (nSPS) is 24.2. The van der Waals surface area contributed by atoms with E-state index in [1.165, 1.54) is 12.1 Å². The first-order chi connectivity index (χ1) is 10.5. The van der Waals surface area contributed by atoms with Gasteiger partial charge in [-0.05, 0) is 55.4 Å².